The van der Waals surface area contributed by atoms with Crippen molar-refractivity contribution in [3.05, 3.63) is 23.8 Å². The number of aliphatic carboxylic acids is 1. The average molecular weight is 348 g/mol. The maximum Gasteiger partial charge on any atom is 0.307 e. The van der Waals surface area contributed by atoms with Crippen molar-refractivity contribution in [2.75, 3.05) is 25.0 Å². The summed E-state index contributed by atoms with van der Waals surface area (Å²) in [6.07, 6.45) is 0.288. The maximum absolute atomic E-state index is 12.6. The molecule has 0 aliphatic carbocycles. The fraction of sp³-hybridized carbons (Fsp3) is 0.500. The van der Waals surface area contributed by atoms with Crippen LogP contribution >= 0.6 is 0 Å². The molecule has 1 aromatic rings. The smallest absolute Gasteiger partial charge is 0.307 e. The van der Waals surface area contributed by atoms with Crippen molar-refractivity contribution >= 4 is 23.5 Å². The number of hydrogen-bond donors (Lipinski definition) is 1. The van der Waals surface area contributed by atoms with Crippen molar-refractivity contribution < 1.29 is 24.2 Å². The first-order valence-electron chi connectivity index (χ1n) is 8.38. The van der Waals surface area contributed by atoms with Crippen LogP contribution in [0.25, 0.3) is 0 Å². The zero-order valence-electron chi connectivity index (χ0n) is 14.8. The van der Waals surface area contributed by atoms with Crippen LogP contribution in [0.5, 0.6) is 5.75 Å². The number of carbonyl (C=O) groups is 3. The summed E-state index contributed by atoms with van der Waals surface area (Å²) in [4.78, 5) is 39.0. The summed E-state index contributed by atoms with van der Waals surface area (Å²) in [6.45, 7) is 4.40. The molecule has 0 bridgehead atoms. The van der Waals surface area contributed by atoms with Crippen LogP contribution < -0.4 is 9.64 Å². The van der Waals surface area contributed by atoms with Gasteiger partial charge in [0.15, 0.2) is 6.10 Å². The first-order chi connectivity index (χ1) is 11.8. The second kappa shape index (κ2) is 8.00. The molecule has 0 saturated heterocycles. The van der Waals surface area contributed by atoms with E-state index in [1.165, 1.54) is 4.90 Å². The van der Waals surface area contributed by atoms with Crippen molar-refractivity contribution in [3.63, 3.8) is 0 Å². The Hall–Kier alpha value is -2.57. The van der Waals surface area contributed by atoms with E-state index in [1.54, 1.807) is 24.1 Å². The van der Waals surface area contributed by atoms with E-state index >= 15 is 0 Å². The van der Waals surface area contributed by atoms with Gasteiger partial charge in [-0.05, 0) is 31.0 Å². The molecule has 1 aliphatic heterocycles. The largest absolute Gasteiger partial charge is 0.481 e. The third kappa shape index (κ3) is 4.49. The number of fused-ring (bicyclic) bond motifs is 1. The van der Waals surface area contributed by atoms with Gasteiger partial charge < -0.3 is 14.7 Å². The molecule has 1 aromatic carbocycles. The molecule has 0 fully saturated rings. The van der Waals surface area contributed by atoms with Gasteiger partial charge in [0.25, 0.3) is 5.91 Å². The molecule has 2 amide bonds. The van der Waals surface area contributed by atoms with E-state index in [0.717, 1.165) is 18.4 Å². The molecule has 1 heterocycles. The van der Waals surface area contributed by atoms with Crippen LogP contribution in [0.3, 0.4) is 0 Å². The predicted molar refractivity (Wildman–Crippen MR) is 92.7 cm³/mol. The Labute approximate surface area is 147 Å². The minimum atomic E-state index is -1.12. The van der Waals surface area contributed by atoms with E-state index in [0.29, 0.717) is 18.0 Å². The number of carboxylic acids is 1. The van der Waals surface area contributed by atoms with Crippen molar-refractivity contribution in [1.29, 1.82) is 0 Å². The number of carbonyl (C=O) groups excluding carboxylic acids is 2. The standard InChI is InChI=1S/C18H24N2O5/c1-4-5-8-19(3)16(21)11-20-13-7-6-12(2)9-14(13)25-15(18(20)24)10-17(22)23/h6-7,9,15H,4-5,8,10-11H2,1-3H3,(H,22,23). The quantitative estimate of drug-likeness (QED) is 0.812. The Morgan fingerprint density at radius 1 is 1.36 bits per heavy atom. The SMILES string of the molecule is CCCCN(C)C(=O)CN1C(=O)C(CC(=O)O)Oc2cc(C)ccc21. The van der Waals surface area contributed by atoms with E-state index in [2.05, 4.69) is 0 Å². The van der Waals surface area contributed by atoms with Crippen LogP contribution in [-0.2, 0) is 14.4 Å². The van der Waals surface area contributed by atoms with Gasteiger partial charge in [0.2, 0.25) is 5.91 Å². The number of ether oxygens (including phenoxy) is 1. The number of likely N-dealkylation sites (N-methyl/N-ethyl adjacent to an activating group) is 1. The molecule has 1 atom stereocenters. The maximum atomic E-state index is 12.6. The molecular formula is C18H24N2O5. The number of amides is 2. The number of nitrogens with zero attached hydrogens (tertiary/aromatic N) is 2. The molecule has 0 radical (unpaired) electrons. The lowest BCUT2D eigenvalue weighted by atomic mass is 10.1. The highest BCUT2D eigenvalue weighted by Crippen LogP contribution is 2.35. The third-order valence-electron chi connectivity index (χ3n) is 4.14. The van der Waals surface area contributed by atoms with Gasteiger partial charge in [-0.1, -0.05) is 19.4 Å². The van der Waals surface area contributed by atoms with Gasteiger partial charge in [-0.25, -0.2) is 0 Å². The van der Waals surface area contributed by atoms with Gasteiger partial charge in [-0.2, -0.15) is 0 Å². The molecule has 1 aliphatic rings. The van der Waals surface area contributed by atoms with Crippen molar-refractivity contribution in [2.24, 2.45) is 0 Å². The highest BCUT2D eigenvalue weighted by molar-refractivity contribution is 6.04. The summed E-state index contributed by atoms with van der Waals surface area (Å²) >= 11 is 0. The van der Waals surface area contributed by atoms with Crippen molar-refractivity contribution in [2.45, 2.75) is 39.2 Å². The van der Waals surface area contributed by atoms with Crippen LogP contribution in [0.15, 0.2) is 18.2 Å². The second-order valence-electron chi connectivity index (χ2n) is 6.27. The molecule has 7 heteroatoms. The summed E-state index contributed by atoms with van der Waals surface area (Å²) in [7, 11) is 1.70. The summed E-state index contributed by atoms with van der Waals surface area (Å²) in [5, 5.41) is 9.01. The summed E-state index contributed by atoms with van der Waals surface area (Å²) in [5.41, 5.74) is 1.42. The van der Waals surface area contributed by atoms with Crippen LogP contribution in [0.1, 0.15) is 31.7 Å². The lowest BCUT2D eigenvalue weighted by Crippen LogP contribution is -2.50. The van der Waals surface area contributed by atoms with Crippen molar-refractivity contribution in [1.82, 2.24) is 4.90 Å². The van der Waals surface area contributed by atoms with Crippen LogP contribution in [0, 0.1) is 6.92 Å². The summed E-state index contributed by atoms with van der Waals surface area (Å²) in [5.74, 6) is -1.39. The Morgan fingerprint density at radius 2 is 2.08 bits per heavy atom. The Kier molecular flexibility index (Phi) is 6.01. The monoisotopic (exact) mass is 348 g/mol. The zero-order chi connectivity index (χ0) is 18.6. The van der Waals surface area contributed by atoms with Crippen LogP contribution in [-0.4, -0.2) is 54.0 Å². The summed E-state index contributed by atoms with van der Waals surface area (Å²) in [6, 6.07) is 5.29. The highest BCUT2D eigenvalue weighted by Gasteiger charge is 2.37. The number of anilines is 1. The number of aryl methyl sites for hydroxylation is 1. The molecule has 1 N–H and O–H groups in total. The van der Waals surface area contributed by atoms with Crippen molar-refractivity contribution in [3.8, 4) is 5.75 Å². The molecule has 0 saturated carbocycles. The number of unbranched alkanes of at least 4 members (excludes halogenated alkanes) is 1. The molecule has 7 nitrogen and oxygen atoms in total. The molecule has 25 heavy (non-hydrogen) atoms. The Bertz CT molecular complexity index is 673. The van der Waals surface area contributed by atoms with E-state index in [4.69, 9.17) is 9.84 Å². The van der Waals surface area contributed by atoms with Gasteiger partial charge in [-0.3, -0.25) is 19.3 Å². The molecule has 2 rings (SSSR count). The number of carboxylic acid groups (broad SMARTS) is 1. The minimum absolute atomic E-state index is 0.130. The molecule has 136 valence electrons. The lowest BCUT2D eigenvalue weighted by molar-refractivity contribution is -0.142. The van der Waals surface area contributed by atoms with E-state index in [1.807, 2.05) is 19.9 Å². The minimum Gasteiger partial charge on any atom is -0.481 e. The van der Waals surface area contributed by atoms with E-state index < -0.39 is 24.4 Å². The first-order valence-corrected chi connectivity index (χ1v) is 8.38. The molecule has 0 spiro atoms. The van der Waals surface area contributed by atoms with Gasteiger partial charge in [0.05, 0.1) is 12.1 Å². The van der Waals surface area contributed by atoms with Crippen LogP contribution in [0.2, 0.25) is 0 Å². The van der Waals surface area contributed by atoms with Gasteiger partial charge in [-0.15, -0.1) is 0 Å². The number of rotatable bonds is 7. The number of hydrogen-bond acceptors (Lipinski definition) is 4. The topological polar surface area (TPSA) is 87.2 Å². The average Bonchev–Trinajstić information content (AvgIpc) is 2.55. The zero-order valence-corrected chi connectivity index (χ0v) is 14.8. The van der Waals surface area contributed by atoms with Gasteiger partial charge in [0.1, 0.15) is 12.3 Å². The Balaban J connectivity index is 2.26. The molecular weight excluding hydrogens is 324 g/mol. The van der Waals surface area contributed by atoms with E-state index in [-0.39, 0.29) is 12.5 Å². The predicted octanol–water partition coefficient (Wildman–Crippen LogP) is 1.82. The fourth-order valence-electron chi connectivity index (χ4n) is 2.66. The van der Waals surface area contributed by atoms with Gasteiger partial charge in [0, 0.05) is 13.6 Å². The molecule has 0 aromatic heterocycles. The first kappa shape index (κ1) is 18.8. The highest BCUT2D eigenvalue weighted by atomic mass is 16.5. The Morgan fingerprint density at radius 3 is 2.72 bits per heavy atom. The fourth-order valence-corrected chi connectivity index (χ4v) is 2.66. The van der Waals surface area contributed by atoms with Crippen LogP contribution in [0.4, 0.5) is 5.69 Å². The second-order valence-corrected chi connectivity index (χ2v) is 6.27. The van der Waals surface area contributed by atoms with Gasteiger partial charge >= 0.3 is 5.97 Å². The third-order valence-corrected chi connectivity index (χ3v) is 4.14. The normalized spacial score (nSPS) is 16.2. The van der Waals surface area contributed by atoms with E-state index in [9.17, 15) is 14.4 Å². The number of benzene rings is 1. The molecule has 1 unspecified atom stereocenters. The summed E-state index contributed by atoms with van der Waals surface area (Å²) < 4.78 is 5.58. The lowest BCUT2D eigenvalue weighted by Gasteiger charge is -2.34.